The number of nitrogens with two attached hydrogens (primary N) is 2. The molecule has 0 saturated carbocycles. The highest BCUT2D eigenvalue weighted by atomic mass is 31.2. The first kappa shape index (κ1) is 15.1. The zero-order valence-corrected chi connectivity index (χ0v) is 7.85. The predicted octanol–water partition coefficient (Wildman–Crippen LogP) is -2.62. The van der Waals surface area contributed by atoms with Crippen molar-refractivity contribution in [2.75, 3.05) is 0 Å². The number of carbonyl (C=O) groups is 2. The number of primary amides is 2. The van der Waals surface area contributed by atoms with E-state index in [1.807, 2.05) is 0 Å². The number of hydrogen-bond acceptors (Lipinski definition) is 7. The summed E-state index contributed by atoms with van der Waals surface area (Å²) < 4.78 is 3.60. The van der Waals surface area contributed by atoms with E-state index in [4.69, 9.17) is 19.6 Å². The predicted molar refractivity (Wildman–Crippen MR) is 42.2 cm³/mol. The maximum atomic E-state index is 9.45. The van der Waals surface area contributed by atoms with Crippen LogP contribution in [0, 0.1) is 0 Å². The summed E-state index contributed by atoms with van der Waals surface area (Å²) in [4.78, 5) is 50.2. The molecule has 11 heteroatoms. The highest BCUT2D eigenvalue weighted by Gasteiger charge is 2.05. The van der Waals surface area contributed by atoms with E-state index in [1.165, 1.54) is 0 Å². The largest absolute Gasteiger partial charge is 0.361 e. The van der Waals surface area contributed by atoms with Crippen molar-refractivity contribution in [1.82, 2.24) is 0 Å². The summed E-state index contributed by atoms with van der Waals surface area (Å²) in [5.41, 5.74) is 8.64. The summed E-state index contributed by atoms with van der Waals surface area (Å²) in [5, 5.41) is 0. The molecule has 0 saturated heterocycles. The van der Waals surface area contributed by atoms with Crippen LogP contribution in [0.15, 0.2) is 0 Å². The average molecular weight is 234 g/mol. The van der Waals surface area contributed by atoms with Crippen LogP contribution in [0.2, 0.25) is 0 Å². The summed E-state index contributed by atoms with van der Waals surface area (Å²) in [5.74, 6) is -2.20. The molecule has 0 spiro atoms. The molecule has 0 aliphatic rings. The van der Waals surface area contributed by atoms with Gasteiger partial charge in [-0.3, -0.25) is 9.59 Å². The fraction of sp³-hybridized carbons (Fsp3) is 0. The van der Waals surface area contributed by atoms with E-state index in [2.05, 4.69) is 15.8 Å². The molecule has 9 nitrogen and oxygen atoms in total. The molecule has 0 radical (unpaired) electrons. The van der Waals surface area contributed by atoms with Gasteiger partial charge in [0.05, 0.1) is 0 Å². The summed E-state index contributed by atoms with van der Waals surface area (Å²) >= 11 is 0. The Balaban J connectivity index is 0. The first-order valence-electron chi connectivity index (χ1n) is 2.40. The molecule has 0 aromatic rings. The molecule has 0 aromatic carbocycles. The second kappa shape index (κ2) is 8.21. The van der Waals surface area contributed by atoms with Gasteiger partial charge in [-0.05, 0) is 0 Å². The van der Waals surface area contributed by atoms with E-state index in [1.54, 1.807) is 0 Å². The Morgan fingerprint density at radius 1 is 0.923 bits per heavy atom. The second-order valence-electron chi connectivity index (χ2n) is 1.32. The summed E-state index contributed by atoms with van der Waals surface area (Å²) in [6.45, 7) is 0. The van der Waals surface area contributed by atoms with Crippen LogP contribution >= 0.6 is 17.2 Å². The van der Waals surface area contributed by atoms with Crippen LogP contribution in [-0.2, 0) is 13.9 Å². The molecule has 0 aliphatic heterocycles. The smallest absolute Gasteiger partial charge is 0.334 e. The van der Waals surface area contributed by atoms with Crippen molar-refractivity contribution >= 4 is 29.0 Å². The van der Waals surface area contributed by atoms with E-state index in [9.17, 15) is 9.59 Å². The van der Waals surface area contributed by atoms with Crippen LogP contribution in [0.4, 0.5) is 0 Å². The number of amides is 2. The zero-order chi connectivity index (χ0) is 11.0. The second-order valence-corrected chi connectivity index (χ2v) is 2.98. The maximum Gasteiger partial charge on any atom is 0.334 e. The van der Waals surface area contributed by atoms with Gasteiger partial charge in [-0.2, -0.15) is 0 Å². The van der Waals surface area contributed by atoms with Gasteiger partial charge in [-0.25, -0.2) is 4.31 Å². The molecular weight excluding hydrogens is 226 g/mol. The van der Waals surface area contributed by atoms with Crippen molar-refractivity contribution in [2.24, 2.45) is 11.5 Å². The zero-order valence-electron chi connectivity index (χ0n) is 6.06. The molecule has 0 atom stereocenters. The Bertz CT molecular complexity index is 154. The topological polar surface area (TPSA) is 176 Å². The Hall–Kier alpha value is -0.400. The van der Waals surface area contributed by atoms with Crippen LogP contribution in [0.5, 0.6) is 0 Å². The van der Waals surface area contributed by atoms with Crippen LogP contribution in [0.1, 0.15) is 0 Å². The van der Waals surface area contributed by atoms with E-state index >= 15 is 0 Å². The molecular formula is C2H8N2O7P2. The third kappa shape index (κ3) is 18.5. The molecule has 0 aromatic heterocycles. The normalized spacial score (nSPS) is 9.38. The molecule has 78 valence electrons. The lowest BCUT2D eigenvalue weighted by Crippen LogP contribution is -2.29. The molecule has 2 amide bonds. The van der Waals surface area contributed by atoms with Crippen molar-refractivity contribution in [1.29, 1.82) is 0 Å². The van der Waals surface area contributed by atoms with Gasteiger partial charge in [0, 0.05) is 0 Å². The van der Waals surface area contributed by atoms with Crippen molar-refractivity contribution in [3.63, 3.8) is 0 Å². The van der Waals surface area contributed by atoms with Gasteiger partial charge >= 0.3 is 29.0 Å². The fourth-order valence-corrected chi connectivity index (χ4v) is 0.588. The molecule has 8 N–H and O–H groups in total. The van der Waals surface area contributed by atoms with Crippen molar-refractivity contribution in [3.05, 3.63) is 0 Å². The lowest BCUT2D eigenvalue weighted by atomic mass is 10.6. The first-order valence-corrected chi connectivity index (χ1v) is 4.73. The molecule has 0 unspecified atom stereocenters. The highest BCUT2D eigenvalue weighted by Crippen LogP contribution is 2.41. The van der Waals surface area contributed by atoms with Gasteiger partial charge in [0.25, 0.3) is 0 Å². The number of carbonyl (C=O) groups excluding carboxylic acids is 2. The standard InChI is InChI=1S/C2H4N2O2.H4O5P2/c3-1(5)2(4)6;1-6(2)5-7(3)4/h(H2,3,5)(H2,4,6);1-4H. The Morgan fingerprint density at radius 3 is 1.15 bits per heavy atom. The van der Waals surface area contributed by atoms with Crippen LogP contribution < -0.4 is 11.5 Å². The van der Waals surface area contributed by atoms with Gasteiger partial charge in [0.15, 0.2) is 0 Å². The fourth-order valence-electron chi connectivity index (χ4n) is 0.0653. The SMILES string of the molecule is NC(=O)C(N)=O.OP(O)OP(O)O. The summed E-state index contributed by atoms with van der Waals surface area (Å²) in [7, 11) is -5.22. The summed E-state index contributed by atoms with van der Waals surface area (Å²) in [6, 6.07) is 0. The lowest BCUT2D eigenvalue weighted by molar-refractivity contribution is -0.135. The molecule has 0 fully saturated rings. The number of rotatable bonds is 2. The first-order chi connectivity index (χ1) is 5.77. The minimum Gasteiger partial charge on any atom is -0.361 e. The van der Waals surface area contributed by atoms with E-state index in [-0.39, 0.29) is 0 Å². The van der Waals surface area contributed by atoms with Gasteiger partial charge in [0.2, 0.25) is 0 Å². The maximum absolute atomic E-state index is 9.45. The van der Waals surface area contributed by atoms with Crippen molar-refractivity contribution in [3.8, 4) is 0 Å². The van der Waals surface area contributed by atoms with E-state index < -0.39 is 29.0 Å². The third-order valence-corrected chi connectivity index (χ3v) is 1.56. The van der Waals surface area contributed by atoms with Gasteiger partial charge < -0.3 is 31.0 Å². The Kier molecular flexibility index (Phi) is 9.53. The molecule has 0 rings (SSSR count). The van der Waals surface area contributed by atoms with E-state index in [0.717, 1.165) is 0 Å². The van der Waals surface area contributed by atoms with Crippen LogP contribution in [0.25, 0.3) is 0 Å². The minimum atomic E-state index is -2.61. The van der Waals surface area contributed by atoms with E-state index in [0.29, 0.717) is 0 Å². The lowest BCUT2D eigenvalue weighted by Gasteiger charge is -2.00. The van der Waals surface area contributed by atoms with Crippen LogP contribution in [0.3, 0.4) is 0 Å². The monoisotopic (exact) mass is 234 g/mol. The van der Waals surface area contributed by atoms with Gasteiger partial charge in [-0.1, -0.05) is 0 Å². The summed E-state index contributed by atoms with van der Waals surface area (Å²) in [6.07, 6.45) is 0. The third-order valence-electron chi connectivity index (χ3n) is 0.389. The van der Waals surface area contributed by atoms with Crippen molar-refractivity contribution in [2.45, 2.75) is 0 Å². The Labute approximate surface area is 74.9 Å². The van der Waals surface area contributed by atoms with Gasteiger partial charge in [-0.15, -0.1) is 0 Å². The molecule has 0 heterocycles. The van der Waals surface area contributed by atoms with Crippen LogP contribution in [-0.4, -0.2) is 31.4 Å². The molecule has 0 bridgehead atoms. The minimum absolute atomic E-state index is 1.10. The highest BCUT2D eigenvalue weighted by molar-refractivity contribution is 7.53. The molecule has 13 heavy (non-hydrogen) atoms. The quantitative estimate of drug-likeness (QED) is 0.223. The molecule has 0 aliphatic carbocycles. The number of hydrogen-bond donors (Lipinski definition) is 6. The average Bonchev–Trinajstić information content (AvgIpc) is 1.84. The van der Waals surface area contributed by atoms with Crippen molar-refractivity contribution < 1.29 is 33.5 Å². The van der Waals surface area contributed by atoms with Gasteiger partial charge in [0.1, 0.15) is 0 Å². The Morgan fingerprint density at radius 2 is 1.15 bits per heavy atom.